The minimum absolute atomic E-state index is 0.103. The summed E-state index contributed by atoms with van der Waals surface area (Å²) in [5, 5.41) is 12.5. The van der Waals surface area contributed by atoms with Gasteiger partial charge >= 0.3 is 5.97 Å². The molecule has 0 saturated heterocycles. The van der Waals surface area contributed by atoms with Crippen molar-refractivity contribution in [1.82, 2.24) is 19.7 Å². The normalized spacial score (nSPS) is 10.1. The van der Waals surface area contributed by atoms with E-state index in [2.05, 4.69) is 15.1 Å². The van der Waals surface area contributed by atoms with Crippen LogP contribution in [0.25, 0.3) is 5.69 Å². The number of hydrogen-bond acceptors (Lipinski definition) is 5. The molecule has 0 spiro atoms. The summed E-state index contributed by atoms with van der Waals surface area (Å²) in [7, 11) is 0. The maximum atomic E-state index is 10.7. The predicted molar refractivity (Wildman–Crippen MR) is 50.5 cm³/mol. The van der Waals surface area contributed by atoms with E-state index < -0.39 is 5.97 Å². The topological polar surface area (TPSA) is 107 Å². The minimum atomic E-state index is -1.16. The molecule has 2 heterocycles. The number of nitrogens with zero attached hydrogens (tertiary/aromatic N) is 4. The number of hydrogen-bond donors (Lipinski definition) is 2. The van der Waals surface area contributed by atoms with Gasteiger partial charge in [0.05, 0.1) is 24.3 Å². The predicted octanol–water partition coefficient (Wildman–Crippen LogP) is -0.0573. The van der Waals surface area contributed by atoms with Crippen molar-refractivity contribution in [3.63, 3.8) is 0 Å². The van der Waals surface area contributed by atoms with Crippen LogP contribution in [0, 0.1) is 0 Å². The van der Waals surface area contributed by atoms with Crippen LogP contribution in [0.5, 0.6) is 0 Å². The van der Waals surface area contributed by atoms with Crippen LogP contribution in [0.1, 0.15) is 10.5 Å². The fourth-order valence-corrected chi connectivity index (χ4v) is 1.10. The average molecular weight is 205 g/mol. The second-order valence-electron chi connectivity index (χ2n) is 2.78. The van der Waals surface area contributed by atoms with Crippen LogP contribution >= 0.6 is 0 Å². The summed E-state index contributed by atoms with van der Waals surface area (Å²) in [6.45, 7) is 0. The number of carboxylic acids is 1. The molecule has 0 atom stereocenters. The number of carboxylic acid groups (broad SMARTS) is 1. The summed E-state index contributed by atoms with van der Waals surface area (Å²) in [4.78, 5) is 18.2. The second-order valence-corrected chi connectivity index (χ2v) is 2.78. The molecule has 0 aliphatic carbocycles. The highest BCUT2D eigenvalue weighted by molar-refractivity contribution is 5.91. The van der Waals surface area contributed by atoms with Gasteiger partial charge in [0.25, 0.3) is 0 Å². The van der Waals surface area contributed by atoms with Crippen molar-refractivity contribution in [2.75, 3.05) is 5.73 Å². The molecule has 2 aromatic rings. The zero-order chi connectivity index (χ0) is 10.8. The number of nitrogen functional groups attached to an aromatic ring is 1. The molecule has 0 aromatic carbocycles. The van der Waals surface area contributed by atoms with E-state index in [9.17, 15) is 4.79 Å². The molecule has 2 rings (SSSR count). The Morgan fingerprint density at radius 3 is 2.60 bits per heavy atom. The van der Waals surface area contributed by atoms with E-state index in [4.69, 9.17) is 10.8 Å². The van der Waals surface area contributed by atoms with Crippen LogP contribution in [-0.2, 0) is 0 Å². The molecule has 7 nitrogen and oxygen atoms in total. The molecule has 76 valence electrons. The van der Waals surface area contributed by atoms with E-state index in [-0.39, 0.29) is 11.4 Å². The lowest BCUT2D eigenvalue weighted by Crippen LogP contribution is -2.02. The van der Waals surface area contributed by atoms with E-state index in [1.165, 1.54) is 29.6 Å². The number of anilines is 1. The van der Waals surface area contributed by atoms with Crippen LogP contribution in [0.4, 0.5) is 5.69 Å². The number of rotatable bonds is 2. The van der Waals surface area contributed by atoms with E-state index in [0.29, 0.717) is 5.69 Å². The molecule has 3 N–H and O–H groups in total. The fraction of sp³-hybridized carbons (Fsp3) is 0. The Hall–Kier alpha value is -2.44. The van der Waals surface area contributed by atoms with Gasteiger partial charge in [0.2, 0.25) is 0 Å². The second kappa shape index (κ2) is 3.37. The summed E-state index contributed by atoms with van der Waals surface area (Å²) >= 11 is 0. The third kappa shape index (κ3) is 1.62. The Balaban J connectivity index is 2.48. The monoisotopic (exact) mass is 205 g/mol. The molecule has 0 aliphatic rings. The maximum absolute atomic E-state index is 10.7. The third-order valence-corrected chi connectivity index (χ3v) is 1.76. The molecular formula is C8H7N5O2. The van der Waals surface area contributed by atoms with Crippen LogP contribution in [0.15, 0.2) is 24.9 Å². The van der Waals surface area contributed by atoms with Crippen molar-refractivity contribution in [2.45, 2.75) is 0 Å². The van der Waals surface area contributed by atoms with Crippen LogP contribution < -0.4 is 5.73 Å². The molecular weight excluding hydrogens is 198 g/mol. The van der Waals surface area contributed by atoms with Crippen molar-refractivity contribution in [1.29, 1.82) is 0 Å². The summed E-state index contributed by atoms with van der Waals surface area (Å²) < 4.78 is 1.32. The highest BCUT2D eigenvalue weighted by Crippen LogP contribution is 2.12. The van der Waals surface area contributed by atoms with Gasteiger partial charge in [-0.05, 0) is 0 Å². The number of carbonyl (C=O) groups is 1. The molecule has 7 heteroatoms. The Bertz CT molecular complexity index is 493. The first-order valence-electron chi connectivity index (χ1n) is 4.02. The lowest BCUT2D eigenvalue weighted by Gasteiger charge is -1.96. The first kappa shape index (κ1) is 9.13. The van der Waals surface area contributed by atoms with Crippen molar-refractivity contribution >= 4 is 11.7 Å². The standard InChI is InChI=1S/C8H7N5O2/c9-6-3-13(12-7(6)8(14)15)5-1-10-4-11-2-5/h1-4H,9H2,(H,14,15). The zero-order valence-electron chi connectivity index (χ0n) is 7.53. The molecule has 0 saturated carbocycles. The SMILES string of the molecule is Nc1cn(-c2cncnc2)nc1C(=O)O. The largest absolute Gasteiger partial charge is 0.476 e. The van der Waals surface area contributed by atoms with E-state index in [1.54, 1.807) is 0 Å². The lowest BCUT2D eigenvalue weighted by atomic mass is 10.4. The van der Waals surface area contributed by atoms with Gasteiger partial charge in [0.15, 0.2) is 5.69 Å². The summed E-state index contributed by atoms with van der Waals surface area (Å²) in [5.74, 6) is -1.16. The Labute approximate surface area is 84.2 Å². The molecule has 0 amide bonds. The fourth-order valence-electron chi connectivity index (χ4n) is 1.10. The highest BCUT2D eigenvalue weighted by atomic mass is 16.4. The number of aromatic carboxylic acids is 1. The van der Waals surface area contributed by atoms with Gasteiger partial charge in [-0.15, -0.1) is 0 Å². The quantitative estimate of drug-likeness (QED) is 0.711. The lowest BCUT2D eigenvalue weighted by molar-refractivity contribution is 0.0691. The summed E-state index contributed by atoms with van der Waals surface area (Å²) in [5.41, 5.74) is 5.95. The summed E-state index contributed by atoms with van der Waals surface area (Å²) in [6.07, 6.45) is 5.78. The Morgan fingerprint density at radius 1 is 1.40 bits per heavy atom. The van der Waals surface area contributed by atoms with Gasteiger partial charge in [-0.2, -0.15) is 5.10 Å². The summed E-state index contributed by atoms with van der Waals surface area (Å²) in [6, 6.07) is 0. The molecule has 0 unspecified atom stereocenters. The number of nitrogens with two attached hydrogens (primary N) is 1. The smallest absolute Gasteiger partial charge is 0.358 e. The molecule has 15 heavy (non-hydrogen) atoms. The minimum Gasteiger partial charge on any atom is -0.476 e. The van der Waals surface area contributed by atoms with Crippen LogP contribution in [0.3, 0.4) is 0 Å². The van der Waals surface area contributed by atoms with Crippen LogP contribution in [-0.4, -0.2) is 30.8 Å². The van der Waals surface area contributed by atoms with Crippen molar-refractivity contribution in [3.8, 4) is 5.69 Å². The van der Waals surface area contributed by atoms with Gasteiger partial charge in [0.1, 0.15) is 12.0 Å². The number of aromatic nitrogens is 4. The molecule has 0 bridgehead atoms. The van der Waals surface area contributed by atoms with Crippen molar-refractivity contribution in [3.05, 3.63) is 30.6 Å². The zero-order valence-corrected chi connectivity index (χ0v) is 7.53. The first-order chi connectivity index (χ1) is 7.18. The molecule has 0 fully saturated rings. The van der Waals surface area contributed by atoms with Gasteiger partial charge in [0, 0.05) is 0 Å². The average Bonchev–Trinajstić information content (AvgIpc) is 2.62. The Kier molecular flexibility index (Phi) is 2.05. The third-order valence-electron chi connectivity index (χ3n) is 1.76. The van der Waals surface area contributed by atoms with Crippen molar-refractivity contribution < 1.29 is 9.90 Å². The molecule has 0 radical (unpaired) electrons. The molecule has 2 aromatic heterocycles. The maximum Gasteiger partial charge on any atom is 0.358 e. The van der Waals surface area contributed by atoms with E-state index in [0.717, 1.165) is 0 Å². The van der Waals surface area contributed by atoms with Gasteiger partial charge in [-0.3, -0.25) is 0 Å². The first-order valence-corrected chi connectivity index (χ1v) is 4.02. The van der Waals surface area contributed by atoms with Gasteiger partial charge < -0.3 is 10.8 Å². The highest BCUT2D eigenvalue weighted by Gasteiger charge is 2.13. The van der Waals surface area contributed by atoms with Crippen LogP contribution in [0.2, 0.25) is 0 Å². The van der Waals surface area contributed by atoms with Gasteiger partial charge in [-0.25, -0.2) is 19.4 Å². The van der Waals surface area contributed by atoms with Crippen molar-refractivity contribution in [2.24, 2.45) is 0 Å². The van der Waals surface area contributed by atoms with E-state index in [1.807, 2.05) is 0 Å². The molecule has 0 aliphatic heterocycles. The van der Waals surface area contributed by atoms with Gasteiger partial charge in [-0.1, -0.05) is 0 Å². The van der Waals surface area contributed by atoms with E-state index >= 15 is 0 Å². The Morgan fingerprint density at radius 2 is 2.07 bits per heavy atom.